The molecule has 2 aromatic rings. The summed E-state index contributed by atoms with van der Waals surface area (Å²) in [6.07, 6.45) is 2.35. The summed E-state index contributed by atoms with van der Waals surface area (Å²) in [5.41, 5.74) is 1.96. The van der Waals surface area contributed by atoms with E-state index in [1.54, 1.807) is 0 Å². The standard InChI is InChI=1S/C22H26N2O2/c1-2-3-14-23-17-19(15-21(23)25)22(26)24(20-12-8-5-9-13-20)16-18-10-6-4-7-11-18/h4-13,19H,2-3,14-17H2,1H3. The number of likely N-dealkylation sites (tertiary alicyclic amines) is 1. The molecule has 0 spiro atoms. The molecule has 2 amide bonds. The van der Waals surface area contributed by atoms with Gasteiger partial charge < -0.3 is 9.80 Å². The summed E-state index contributed by atoms with van der Waals surface area (Å²) in [7, 11) is 0. The van der Waals surface area contributed by atoms with Gasteiger partial charge in [0.15, 0.2) is 0 Å². The lowest BCUT2D eigenvalue weighted by Crippen LogP contribution is -2.37. The third-order valence-corrected chi connectivity index (χ3v) is 4.86. The van der Waals surface area contributed by atoms with Crippen LogP contribution in [0.25, 0.3) is 0 Å². The normalized spacial score (nSPS) is 16.7. The van der Waals surface area contributed by atoms with Crippen LogP contribution in [0.2, 0.25) is 0 Å². The van der Waals surface area contributed by atoms with Crippen molar-refractivity contribution < 1.29 is 9.59 Å². The highest BCUT2D eigenvalue weighted by atomic mass is 16.2. The third kappa shape index (κ3) is 4.31. The quantitative estimate of drug-likeness (QED) is 0.760. The minimum atomic E-state index is -0.261. The molecule has 2 aromatic carbocycles. The van der Waals surface area contributed by atoms with Crippen LogP contribution in [0.4, 0.5) is 5.69 Å². The van der Waals surface area contributed by atoms with Crippen LogP contribution in [-0.2, 0) is 16.1 Å². The number of benzene rings is 2. The molecule has 1 fully saturated rings. The smallest absolute Gasteiger partial charge is 0.232 e. The number of anilines is 1. The molecule has 1 aliphatic rings. The molecule has 0 aliphatic carbocycles. The maximum Gasteiger partial charge on any atom is 0.232 e. The second-order valence-electron chi connectivity index (χ2n) is 6.84. The van der Waals surface area contributed by atoms with E-state index < -0.39 is 0 Å². The van der Waals surface area contributed by atoms with Gasteiger partial charge in [-0.3, -0.25) is 9.59 Å². The van der Waals surface area contributed by atoms with E-state index in [1.165, 1.54) is 0 Å². The Kier molecular flexibility index (Phi) is 6.05. The fourth-order valence-electron chi connectivity index (χ4n) is 3.39. The summed E-state index contributed by atoms with van der Waals surface area (Å²) in [5.74, 6) is -0.125. The van der Waals surface area contributed by atoms with E-state index in [0.29, 0.717) is 19.5 Å². The fourth-order valence-corrected chi connectivity index (χ4v) is 3.39. The average molecular weight is 350 g/mol. The largest absolute Gasteiger partial charge is 0.342 e. The highest BCUT2D eigenvalue weighted by Gasteiger charge is 2.36. The molecule has 26 heavy (non-hydrogen) atoms. The predicted octanol–water partition coefficient (Wildman–Crippen LogP) is 3.87. The molecule has 4 nitrogen and oxygen atoms in total. The van der Waals surface area contributed by atoms with Gasteiger partial charge in [-0.25, -0.2) is 0 Å². The Morgan fingerprint density at radius 1 is 1.08 bits per heavy atom. The summed E-state index contributed by atoms with van der Waals surface area (Å²) >= 11 is 0. The van der Waals surface area contributed by atoms with Gasteiger partial charge in [0.1, 0.15) is 0 Å². The van der Waals surface area contributed by atoms with Crippen LogP contribution in [0.3, 0.4) is 0 Å². The third-order valence-electron chi connectivity index (χ3n) is 4.86. The van der Waals surface area contributed by atoms with E-state index in [2.05, 4.69) is 6.92 Å². The molecular weight excluding hydrogens is 324 g/mol. The molecule has 0 N–H and O–H groups in total. The summed E-state index contributed by atoms with van der Waals surface area (Å²) in [6.45, 7) is 3.92. The van der Waals surface area contributed by atoms with Gasteiger partial charge in [0.2, 0.25) is 11.8 Å². The Hall–Kier alpha value is -2.62. The molecule has 0 bridgehead atoms. The summed E-state index contributed by atoms with van der Waals surface area (Å²) in [5, 5.41) is 0. The Morgan fingerprint density at radius 3 is 2.38 bits per heavy atom. The second kappa shape index (κ2) is 8.65. The molecule has 0 aromatic heterocycles. The number of rotatable bonds is 7. The van der Waals surface area contributed by atoms with Crippen molar-refractivity contribution in [3.63, 3.8) is 0 Å². The molecule has 3 rings (SSSR count). The van der Waals surface area contributed by atoms with Crippen molar-refractivity contribution in [3.05, 3.63) is 66.2 Å². The lowest BCUT2D eigenvalue weighted by Gasteiger charge is -2.26. The Labute approximate surface area is 155 Å². The Balaban J connectivity index is 1.78. The lowest BCUT2D eigenvalue weighted by molar-refractivity contribution is -0.128. The predicted molar refractivity (Wildman–Crippen MR) is 104 cm³/mol. The van der Waals surface area contributed by atoms with E-state index in [-0.39, 0.29) is 17.7 Å². The van der Waals surface area contributed by atoms with Crippen LogP contribution in [0.15, 0.2) is 60.7 Å². The number of carbonyl (C=O) groups excluding carboxylic acids is 2. The van der Waals surface area contributed by atoms with Crippen LogP contribution >= 0.6 is 0 Å². The maximum atomic E-state index is 13.3. The van der Waals surface area contributed by atoms with Crippen LogP contribution in [0.5, 0.6) is 0 Å². The van der Waals surface area contributed by atoms with Crippen molar-refractivity contribution in [2.45, 2.75) is 32.7 Å². The maximum absolute atomic E-state index is 13.3. The summed E-state index contributed by atoms with van der Waals surface area (Å²) in [4.78, 5) is 29.2. The van der Waals surface area contributed by atoms with Gasteiger partial charge in [0, 0.05) is 25.2 Å². The zero-order valence-corrected chi connectivity index (χ0v) is 15.3. The molecule has 1 aliphatic heterocycles. The first-order valence-corrected chi connectivity index (χ1v) is 9.37. The van der Waals surface area contributed by atoms with Crippen LogP contribution < -0.4 is 4.90 Å². The minimum absolute atomic E-state index is 0.0346. The van der Waals surface area contributed by atoms with E-state index in [9.17, 15) is 9.59 Å². The first-order chi connectivity index (χ1) is 12.7. The lowest BCUT2D eigenvalue weighted by atomic mass is 10.1. The number of amides is 2. The molecule has 1 saturated heterocycles. The molecule has 0 radical (unpaired) electrons. The molecule has 4 heteroatoms. The van der Waals surface area contributed by atoms with Crippen molar-refractivity contribution in [2.75, 3.05) is 18.0 Å². The van der Waals surface area contributed by atoms with E-state index in [0.717, 1.165) is 30.6 Å². The van der Waals surface area contributed by atoms with Crippen LogP contribution in [-0.4, -0.2) is 29.8 Å². The van der Waals surface area contributed by atoms with Gasteiger partial charge in [0.05, 0.1) is 12.5 Å². The van der Waals surface area contributed by atoms with Gasteiger partial charge in [-0.1, -0.05) is 61.9 Å². The molecule has 136 valence electrons. The van der Waals surface area contributed by atoms with Gasteiger partial charge >= 0.3 is 0 Å². The van der Waals surface area contributed by atoms with Gasteiger partial charge in [-0.2, -0.15) is 0 Å². The topological polar surface area (TPSA) is 40.6 Å². The minimum Gasteiger partial charge on any atom is -0.342 e. The highest BCUT2D eigenvalue weighted by molar-refractivity contribution is 5.99. The molecule has 0 saturated carbocycles. The van der Waals surface area contributed by atoms with E-state index >= 15 is 0 Å². The number of hydrogen-bond donors (Lipinski definition) is 0. The number of nitrogens with zero attached hydrogens (tertiary/aromatic N) is 2. The van der Waals surface area contributed by atoms with Gasteiger partial charge in [0.25, 0.3) is 0 Å². The van der Waals surface area contributed by atoms with E-state index in [1.807, 2.05) is 70.5 Å². The van der Waals surface area contributed by atoms with Crippen molar-refractivity contribution >= 4 is 17.5 Å². The molecular formula is C22H26N2O2. The zero-order chi connectivity index (χ0) is 18.4. The number of para-hydroxylation sites is 1. The van der Waals surface area contributed by atoms with Gasteiger partial charge in [-0.15, -0.1) is 0 Å². The van der Waals surface area contributed by atoms with Crippen molar-refractivity contribution in [3.8, 4) is 0 Å². The monoisotopic (exact) mass is 350 g/mol. The summed E-state index contributed by atoms with van der Waals surface area (Å²) in [6, 6.07) is 19.7. The number of unbranched alkanes of at least 4 members (excludes halogenated alkanes) is 1. The fraction of sp³-hybridized carbons (Fsp3) is 0.364. The Bertz CT molecular complexity index is 730. The van der Waals surface area contributed by atoms with Crippen molar-refractivity contribution in [1.29, 1.82) is 0 Å². The zero-order valence-electron chi connectivity index (χ0n) is 15.3. The van der Waals surface area contributed by atoms with Crippen molar-refractivity contribution in [2.24, 2.45) is 5.92 Å². The number of carbonyl (C=O) groups is 2. The van der Waals surface area contributed by atoms with E-state index in [4.69, 9.17) is 0 Å². The summed E-state index contributed by atoms with van der Waals surface area (Å²) < 4.78 is 0. The van der Waals surface area contributed by atoms with Crippen molar-refractivity contribution in [1.82, 2.24) is 4.90 Å². The molecule has 1 heterocycles. The average Bonchev–Trinajstić information content (AvgIpc) is 3.06. The number of hydrogen-bond acceptors (Lipinski definition) is 2. The first-order valence-electron chi connectivity index (χ1n) is 9.37. The SMILES string of the molecule is CCCCN1CC(C(=O)N(Cc2ccccc2)c2ccccc2)CC1=O. The molecule has 1 unspecified atom stereocenters. The first kappa shape index (κ1) is 18.2. The van der Waals surface area contributed by atoms with Crippen LogP contribution in [0, 0.1) is 5.92 Å². The van der Waals surface area contributed by atoms with Crippen LogP contribution in [0.1, 0.15) is 31.7 Å². The highest BCUT2D eigenvalue weighted by Crippen LogP contribution is 2.25. The molecule has 1 atom stereocenters. The second-order valence-corrected chi connectivity index (χ2v) is 6.84. The Morgan fingerprint density at radius 2 is 1.73 bits per heavy atom. The van der Waals surface area contributed by atoms with Gasteiger partial charge in [-0.05, 0) is 24.1 Å².